The average molecular weight is 378 g/mol. The third kappa shape index (κ3) is 3.22. The molecule has 0 spiro atoms. The lowest BCUT2D eigenvalue weighted by atomic mass is 10.0. The molecule has 1 aliphatic rings. The molecular weight excluding hydrogens is 364 g/mol. The van der Waals surface area contributed by atoms with Gasteiger partial charge >= 0.3 is 0 Å². The fourth-order valence-corrected chi connectivity index (χ4v) is 3.49. The van der Waals surface area contributed by atoms with Crippen molar-refractivity contribution >= 4 is 34.2 Å². The molecule has 0 unspecified atom stereocenters. The van der Waals surface area contributed by atoms with Crippen molar-refractivity contribution in [3.63, 3.8) is 0 Å². The number of nitrogens with one attached hydrogen (secondary N) is 1. The Morgan fingerprint density at radius 3 is 2.22 bits per heavy atom. The first-order chi connectivity index (χ1) is 13.1. The zero-order valence-electron chi connectivity index (χ0n) is 14.0. The van der Waals surface area contributed by atoms with Crippen molar-refractivity contribution in [2.45, 2.75) is 12.5 Å². The second-order valence-corrected chi connectivity index (χ2v) is 6.80. The Hall–Kier alpha value is -3.39. The number of carbonyl (C=O) groups is 3. The first-order valence-corrected chi connectivity index (χ1v) is 9.11. The molecular formula is C19H14N4O3S. The molecule has 2 aromatic carbocycles. The molecule has 3 aromatic rings. The Kier molecular flexibility index (Phi) is 4.47. The van der Waals surface area contributed by atoms with Gasteiger partial charge in [0.2, 0.25) is 11.0 Å². The fourth-order valence-electron chi connectivity index (χ4n) is 3.05. The average Bonchev–Trinajstić information content (AvgIpc) is 3.28. The predicted molar refractivity (Wildman–Crippen MR) is 99.4 cm³/mol. The second kappa shape index (κ2) is 7.08. The van der Waals surface area contributed by atoms with E-state index in [4.69, 9.17) is 0 Å². The summed E-state index contributed by atoms with van der Waals surface area (Å²) in [5.74, 6) is -1.42. The fraction of sp³-hybridized carbons (Fsp3) is 0.105. The van der Waals surface area contributed by atoms with Gasteiger partial charge in [-0.1, -0.05) is 53.8 Å². The van der Waals surface area contributed by atoms with Crippen molar-refractivity contribution in [3.8, 4) is 0 Å². The lowest BCUT2D eigenvalue weighted by Gasteiger charge is -2.25. The van der Waals surface area contributed by atoms with Crippen LogP contribution in [0.25, 0.3) is 0 Å². The number of aromatic nitrogens is 2. The molecule has 2 heterocycles. The standard InChI is InChI=1S/C19H14N4O3S/c24-16(21-19-22-20-11-27-19)15(10-12-6-2-1-3-7-12)23-17(25)13-8-4-5-9-14(13)18(23)26/h1-9,11,15H,10H2,(H,21,22,24)/t15-/m0/s1. The van der Waals surface area contributed by atoms with E-state index in [1.54, 1.807) is 24.3 Å². The Balaban J connectivity index is 1.68. The molecule has 0 bridgehead atoms. The van der Waals surface area contributed by atoms with Gasteiger partial charge in [0.05, 0.1) is 11.1 Å². The molecule has 1 aliphatic heterocycles. The van der Waals surface area contributed by atoms with E-state index in [0.29, 0.717) is 16.3 Å². The number of hydrogen-bond donors (Lipinski definition) is 1. The third-order valence-electron chi connectivity index (χ3n) is 4.30. The van der Waals surface area contributed by atoms with Crippen molar-refractivity contribution in [2.24, 2.45) is 0 Å². The van der Waals surface area contributed by atoms with Gasteiger partial charge in [-0.05, 0) is 17.7 Å². The summed E-state index contributed by atoms with van der Waals surface area (Å²) in [4.78, 5) is 39.7. The highest BCUT2D eigenvalue weighted by molar-refractivity contribution is 7.13. The quantitative estimate of drug-likeness (QED) is 0.688. The van der Waals surface area contributed by atoms with E-state index in [2.05, 4.69) is 15.5 Å². The summed E-state index contributed by atoms with van der Waals surface area (Å²) < 4.78 is 0. The normalized spacial score (nSPS) is 14.1. The van der Waals surface area contributed by atoms with Crippen LogP contribution in [0.15, 0.2) is 60.1 Å². The molecule has 27 heavy (non-hydrogen) atoms. The summed E-state index contributed by atoms with van der Waals surface area (Å²) in [6.07, 6.45) is 0.205. The van der Waals surface area contributed by atoms with Crippen molar-refractivity contribution in [3.05, 3.63) is 76.8 Å². The van der Waals surface area contributed by atoms with Gasteiger partial charge in [0.15, 0.2) is 0 Å². The van der Waals surface area contributed by atoms with Gasteiger partial charge in [0.25, 0.3) is 11.8 Å². The van der Waals surface area contributed by atoms with Crippen molar-refractivity contribution in [1.29, 1.82) is 0 Å². The minimum absolute atomic E-state index is 0.205. The largest absolute Gasteiger partial charge is 0.299 e. The number of carbonyl (C=O) groups excluding carboxylic acids is 3. The highest BCUT2D eigenvalue weighted by Gasteiger charge is 2.42. The third-order valence-corrected chi connectivity index (χ3v) is 4.91. The number of anilines is 1. The van der Waals surface area contributed by atoms with Crippen LogP contribution in [0.4, 0.5) is 5.13 Å². The first kappa shape index (κ1) is 17.0. The van der Waals surface area contributed by atoms with Crippen LogP contribution < -0.4 is 5.32 Å². The SMILES string of the molecule is O=C(Nc1nncs1)[C@H](Cc1ccccc1)N1C(=O)c2ccccc2C1=O. The van der Waals surface area contributed by atoms with Crippen LogP contribution in [0.2, 0.25) is 0 Å². The minimum atomic E-state index is -0.997. The number of nitrogens with zero attached hydrogens (tertiary/aromatic N) is 3. The van der Waals surface area contributed by atoms with Gasteiger partial charge in [0, 0.05) is 6.42 Å². The highest BCUT2D eigenvalue weighted by atomic mass is 32.1. The van der Waals surface area contributed by atoms with Crippen molar-refractivity contribution in [1.82, 2.24) is 15.1 Å². The zero-order chi connectivity index (χ0) is 18.8. The van der Waals surface area contributed by atoms with Gasteiger partial charge in [-0.25, -0.2) is 0 Å². The van der Waals surface area contributed by atoms with E-state index < -0.39 is 23.8 Å². The summed E-state index contributed by atoms with van der Waals surface area (Å²) in [5.41, 5.74) is 2.95. The van der Waals surface area contributed by atoms with Gasteiger partial charge in [-0.3, -0.25) is 24.6 Å². The summed E-state index contributed by atoms with van der Waals surface area (Å²) >= 11 is 1.16. The van der Waals surface area contributed by atoms with E-state index in [1.165, 1.54) is 5.51 Å². The van der Waals surface area contributed by atoms with E-state index in [9.17, 15) is 14.4 Å². The van der Waals surface area contributed by atoms with Crippen LogP contribution in [0.5, 0.6) is 0 Å². The zero-order valence-corrected chi connectivity index (χ0v) is 14.8. The topological polar surface area (TPSA) is 92.3 Å². The molecule has 1 aromatic heterocycles. The number of rotatable bonds is 5. The molecule has 134 valence electrons. The number of benzene rings is 2. The Morgan fingerprint density at radius 2 is 1.63 bits per heavy atom. The number of imide groups is 1. The summed E-state index contributed by atoms with van der Waals surface area (Å²) in [6.45, 7) is 0. The number of fused-ring (bicyclic) bond motifs is 1. The minimum Gasteiger partial charge on any atom is -0.299 e. The van der Waals surface area contributed by atoms with Crippen LogP contribution in [-0.2, 0) is 11.2 Å². The van der Waals surface area contributed by atoms with E-state index >= 15 is 0 Å². The van der Waals surface area contributed by atoms with Crippen LogP contribution in [-0.4, -0.2) is 38.9 Å². The smallest absolute Gasteiger partial charge is 0.262 e. The van der Waals surface area contributed by atoms with Crippen LogP contribution >= 0.6 is 11.3 Å². The number of hydrogen-bond acceptors (Lipinski definition) is 6. The summed E-state index contributed by atoms with van der Waals surface area (Å²) in [5, 5.41) is 10.4. The van der Waals surface area contributed by atoms with Gasteiger partial charge in [0.1, 0.15) is 11.6 Å². The van der Waals surface area contributed by atoms with Gasteiger partial charge in [-0.15, -0.1) is 10.2 Å². The Morgan fingerprint density at radius 1 is 1.00 bits per heavy atom. The molecule has 0 radical (unpaired) electrons. The highest BCUT2D eigenvalue weighted by Crippen LogP contribution is 2.26. The van der Waals surface area contributed by atoms with Crippen molar-refractivity contribution in [2.75, 3.05) is 5.32 Å². The first-order valence-electron chi connectivity index (χ1n) is 8.23. The maximum Gasteiger partial charge on any atom is 0.262 e. The Bertz CT molecular complexity index is 970. The maximum atomic E-state index is 12.9. The molecule has 0 saturated carbocycles. The Labute approximate surface area is 158 Å². The van der Waals surface area contributed by atoms with Gasteiger partial charge in [-0.2, -0.15) is 0 Å². The molecule has 8 heteroatoms. The molecule has 3 amide bonds. The lowest BCUT2D eigenvalue weighted by molar-refractivity contribution is -0.119. The van der Waals surface area contributed by atoms with Crippen LogP contribution in [0.3, 0.4) is 0 Å². The molecule has 1 atom stereocenters. The van der Waals surface area contributed by atoms with Crippen LogP contribution in [0, 0.1) is 0 Å². The molecule has 7 nitrogen and oxygen atoms in total. The molecule has 0 aliphatic carbocycles. The lowest BCUT2D eigenvalue weighted by Crippen LogP contribution is -2.48. The van der Waals surface area contributed by atoms with E-state index in [-0.39, 0.29) is 6.42 Å². The van der Waals surface area contributed by atoms with Gasteiger partial charge < -0.3 is 0 Å². The van der Waals surface area contributed by atoms with Crippen LogP contribution in [0.1, 0.15) is 26.3 Å². The second-order valence-electron chi connectivity index (χ2n) is 5.96. The molecule has 0 fully saturated rings. The maximum absolute atomic E-state index is 12.9. The molecule has 4 rings (SSSR count). The monoisotopic (exact) mass is 378 g/mol. The molecule has 0 saturated heterocycles. The summed E-state index contributed by atoms with van der Waals surface area (Å²) in [6, 6.07) is 14.8. The van der Waals surface area contributed by atoms with E-state index in [1.807, 2.05) is 30.3 Å². The van der Waals surface area contributed by atoms with Crippen molar-refractivity contribution < 1.29 is 14.4 Å². The molecule has 1 N–H and O–H groups in total. The predicted octanol–water partition coefficient (Wildman–Crippen LogP) is 2.38. The summed E-state index contributed by atoms with van der Waals surface area (Å²) in [7, 11) is 0. The van der Waals surface area contributed by atoms with E-state index in [0.717, 1.165) is 21.8 Å². The number of amides is 3.